The molecule has 8 nitrogen and oxygen atoms in total. The number of rotatable bonds is 5. The molecular weight excluding hydrogens is 420 g/mol. The summed E-state index contributed by atoms with van der Waals surface area (Å²) in [5.41, 5.74) is 2.55. The molecule has 0 aliphatic carbocycles. The zero-order valence-corrected chi connectivity index (χ0v) is 19.0. The first kappa shape index (κ1) is 21.7. The number of pyridine rings is 1. The maximum absolute atomic E-state index is 12.4. The first-order valence-electron chi connectivity index (χ1n) is 11.6. The van der Waals surface area contributed by atoms with Gasteiger partial charge in [0.25, 0.3) is 5.56 Å². The van der Waals surface area contributed by atoms with Crippen LogP contribution >= 0.6 is 0 Å². The number of aromatic nitrogens is 2. The van der Waals surface area contributed by atoms with Crippen molar-refractivity contribution in [2.45, 2.75) is 38.8 Å². The number of nitrogens with one attached hydrogen (secondary N) is 2. The number of aromatic hydroxyl groups is 1. The van der Waals surface area contributed by atoms with Crippen molar-refractivity contribution in [3.05, 3.63) is 51.4 Å². The number of carbonyl (C=O) groups is 1. The number of aromatic amines is 1. The van der Waals surface area contributed by atoms with E-state index in [-0.39, 0.29) is 0 Å². The van der Waals surface area contributed by atoms with Crippen LogP contribution in [-0.4, -0.2) is 56.3 Å². The van der Waals surface area contributed by atoms with Gasteiger partial charge in [0.2, 0.25) is 0 Å². The highest BCUT2D eigenvalue weighted by Gasteiger charge is 2.34. The Balaban J connectivity index is 1.49. The van der Waals surface area contributed by atoms with E-state index in [0.29, 0.717) is 23.7 Å². The minimum atomic E-state index is -1.44. The predicted octanol–water partition coefficient (Wildman–Crippen LogP) is 2.68. The van der Waals surface area contributed by atoms with E-state index in [1.165, 1.54) is 18.5 Å². The number of likely N-dealkylation sites (tertiary alicyclic amines) is 1. The number of carboxylic acid groups (broad SMARTS) is 1. The monoisotopic (exact) mass is 450 g/mol. The number of hydrogen-bond acceptors (Lipinski definition) is 5. The Morgan fingerprint density at radius 2 is 2.06 bits per heavy atom. The molecule has 174 valence electrons. The molecule has 2 aliphatic rings. The Kier molecular flexibility index (Phi) is 5.50. The molecule has 5 rings (SSSR count). The number of aromatic carboxylic acids is 1. The van der Waals surface area contributed by atoms with Gasteiger partial charge in [-0.25, -0.2) is 4.79 Å². The molecule has 0 saturated carbocycles. The summed E-state index contributed by atoms with van der Waals surface area (Å²) in [6, 6.07) is 8.70. The molecule has 0 radical (unpaired) electrons. The first-order chi connectivity index (χ1) is 15.9. The second-order valence-electron chi connectivity index (χ2n) is 9.32. The van der Waals surface area contributed by atoms with Gasteiger partial charge >= 0.3 is 5.97 Å². The van der Waals surface area contributed by atoms with Crippen LogP contribution in [0.25, 0.3) is 22.2 Å². The van der Waals surface area contributed by atoms with E-state index in [4.69, 9.17) is 0 Å². The van der Waals surface area contributed by atoms with Crippen molar-refractivity contribution >= 4 is 16.9 Å². The van der Waals surface area contributed by atoms with Crippen molar-refractivity contribution < 1.29 is 15.0 Å². The SMILES string of the molecule is CCc1c(-c2ccc3c(c2)cc(CN2CC4CCCNC4C2)n3C)[nH]c(=O)c(C(=O)O)c1O. The zero-order valence-electron chi connectivity index (χ0n) is 19.0. The normalized spacial score (nSPS) is 20.9. The summed E-state index contributed by atoms with van der Waals surface area (Å²) in [7, 11) is 2.07. The quantitative estimate of drug-likeness (QED) is 0.476. The van der Waals surface area contributed by atoms with Crippen molar-refractivity contribution in [1.82, 2.24) is 19.8 Å². The van der Waals surface area contributed by atoms with E-state index >= 15 is 0 Å². The molecule has 3 aromatic rings. The van der Waals surface area contributed by atoms with Crippen LogP contribution in [0.5, 0.6) is 5.75 Å². The maximum atomic E-state index is 12.4. The number of hydrogen-bond donors (Lipinski definition) is 4. The zero-order chi connectivity index (χ0) is 23.3. The van der Waals surface area contributed by atoms with Gasteiger partial charge in [0, 0.05) is 54.9 Å². The van der Waals surface area contributed by atoms with Gasteiger partial charge in [-0.2, -0.15) is 0 Å². The molecule has 2 unspecified atom stereocenters. The van der Waals surface area contributed by atoms with Gasteiger partial charge in [-0.3, -0.25) is 9.69 Å². The van der Waals surface area contributed by atoms with Crippen LogP contribution in [0.2, 0.25) is 0 Å². The lowest BCUT2D eigenvalue weighted by Gasteiger charge is -2.24. The van der Waals surface area contributed by atoms with Crippen LogP contribution in [-0.2, 0) is 20.0 Å². The fraction of sp³-hybridized carbons (Fsp3) is 0.440. The Labute approximate surface area is 191 Å². The van der Waals surface area contributed by atoms with Crippen molar-refractivity contribution in [3.8, 4) is 17.0 Å². The van der Waals surface area contributed by atoms with E-state index in [0.717, 1.165) is 48.6 Å². The van der Waals surface area contributed by atoms with Crippen LogP contribution in [0.3, 0.4) is 0 Å². The standard InChI is InChI=1S/C25H30N4O4/c1-3-18-22(27-24(31)21(23(18)30)25(32)33)14-6-7-20-16(9-14)10-17(28(20)2)12-29-11-15-5-4-8-26-19(15)13-29/h6-7,9-10,15,19,26H,3-5,8,11-13H2,1-2H3,(H,32,33)(H2,27,30,31). The number of benzene rings is 1. The highest BCUT2D eigenvalue weighted by Crippen LogP contribution is 2.33. The van der Waals surface area contributed by atoms with E-state index in [1.807, 2.05) is 25.1 Å². The van der Waals surface area contributed by atoms with E-state index in [9.17, 15) is 19.8 Å². The second kappa shape index (κ2) is 8.35. The molecule has 2 atom stereocenters. The minimum Gasteiger partial charge on any atom is -0.506 e. The van der Waals surface area contributed by atoms with Crippen molar-refractivity contribution in [2.24, 2.45) is 13.0 Å². The molecule has 0 amide bonds. The molecule has 2 fully saturated rings. The van der Waals surface area contributed by atoms with Crippen LogP contribution in [0.4, 0.5) is 0 Å². The Bertz CT molecular complexity index is 1280. The number of fused-ring (bicyclic) bond motifs is 2. The lowest BCUT2D eigenvalue weighted by atomic mass is 9.94. The number of nitrogens with zero attached hydrogens (tertiary/aromatic N) is 2. The summed E-state index contributed by atoms with van der Waals surface area (Å²) >= 11 is 0. The third-order valence-corrected chi connectivity index (χ3v) is 7.35. The molecule has 4 N–H and O–H groups in total. The third-order valence-electron chi connectivity index (χ3n) is 7.35. The topological polar surface area (TPSA) is 111 Å². The number of aryl methyl sites for hydroxylation is 1. The lowest BCUT2D eigenvalue weighted by molar-refractivity contribution is 0.0691. The van der Waals surface area contributed by atoms with E-state index in [2.05, 4.69) is 32.9 Å². The first-order valence-corrected chi connectivity index (χ1v) is 11.6. The van der Waals surface area contributed by atoms with Gasteiger partial charge in [0.05, 0.1) is 5.69 Å². The average Bonchev–Trinajstić information content (AvgIpc) is 3.33. The molecule has 2 aromatic heterocycles. The van der Waals surface area contributed by atoms with Gasteiger partial charge in [-0.1, -0.05) is 13.0 Å². The van der Waals surface area contributed by atoms with Gasteiger partial charge in [-0.05, 0) is 55.5 Å². The van der Waals surface area contributed by atoms with Crippen molar-refractivity contribution in [2.75, 3.05) is 19.6 Å². The van der Waals surface area contributed by atoms with Crippen LogP contribution < -0.4 is 10.9 Å². The summed E-state index contributed by atoms with van der Waals surface area (Å²) in [4.78, 5) is 29.0. The van der Waals surface area contributed by atoms with Gasteiger partial charge in [-0.15, -0.1) is 0 Å². The number of piperidine rings is 1. The molecular formula is C25H30N4O4. The lowest BCUT2D eigenvalue weighted by Crippen LogP contribution is -2.40. The molecule has 0 spiro atoms. The Morgan fingerprint density at radius 1 is 1.24 bits per heavy atom. The van der Waals surface area contributed by atoms with Gasteiger partial charge in [0.1, 0.15) is 5.75 Å². The average molecular weight is 451 g/mol. The second-order valence-corrected chi connectivity index (χ2v) is 9.32. The fourth-order valence-corrected chi connectivity index (χ4v) is 5.63. The van der Waals surface area contributed by atoms with Crippen LogP contribution in [0, 0.1) is 5.92 Å². The molecule has 33 heavy (non-hydrogen) atoms. The van der Waals surface area contributed by atoms with Gasteiger partial charge < -0.3 is 25.1 Å². The maximum Gasteiger partial charge on any atom is 0.345 e. The van der Waals surface area contributed by atoms with E-state index < -0.39 is 22.8 Å². The highest BCUT2D eigenvalue weighted by molar-refractivity contribution is 5.92. The molecule has 1 aromatic carbocycles. The van der Waals surface area contributed by atoms with Gasteiger partial charge in [0.15, 0.2) is 5.56 Å². The smallest absolute Gasteiger partial charge is 0.345 e. The van der Waals surface area contributed by atoms with E-state index in [1.54, 1.807) is 0 Å². The number of H-pyrrole nitrogens is 1. The van der Waals surface area contributed by atoms with Crippen molar-refractivity contribution in [1.29, 1.82) is 0 Å². The predicted molar refractivity (Wildman–Crippen MR) is 127 cm³/mol. The molecule has 8 heteroatoms. The van der Waals surface area contributed by atoms with Crippen molar-refractivity contribution in [3.63, 3.8) is 0 Å². The number of carboxylic acids is 1. The summed E-state index contributed by atoms with van der Waals surface area (Å²) in [5, 5.41) is 24.5. The third kappa shape index (κ3) is 3.73. The summed E-state index contributed by atoms with van der Waals surface area (Å²) < 4.78 is 2.21. The van der Waals surface area contributed by atoms with Crippen LogP contribution in [0.1, 0.15) is 41.4 Å². The van der Waals surface area contributed by atoms with Crippen LogP contribution in [0.15, 0.2) is 29.1 Å². The Hall–Kier alpha value is -3.10. The fourth-order valence-electron chi connectivity index (χ4n) is 5.63. The highest BCUT2D eigenvalue weighted by atomic mass is 16.4. The molecule has 2 saturated heterocycles. The summed E-state index contributed by atoms with van der Waals surface area (Å²) in [5.74, 6) is -1.15. The molecule has 0 bridgehead atoms. The molecule has 2 aliphatic heterocycles. The summed E-state index contributed by atoms with van der Waals surface area (Å²) in [6.45, 7) is 6.04. The summed E-state index contributed by atoms with van der Waals surface area (Å²) in [6.07, 6.45) is 2.95. The molecule has 4 heterocycles. The largest absolute Gasteiger partial charge is 0.506 e. The Morgan fingerprint density at radius 3 is 2.79 bits per heavy atom. The minimum absolute atomic E-state index is 0.391.